The summed E-state index contributed by atoms with van der Waals surface area (Å²) in [6.07, 6.45) is 27.2. The number of rotatable bonds is 46. The maximum Gasteiger partial charge on any atom is 0.258 e. The quantitative estimate of drug-likeness (QED) is 0.0363. The fraction of sp³-hybridized carbons (Fsp3) is 0.419. The maximum atomic E-state index is 14.0. The number of carbonyl (C=O) groups is 2. The minimum absolute atomic E-state index is 0.271. The van der Waals surface area contributed by atoms with Crippen molar-refractivity contribution >= 4 is 114 Å². The van der Waals surface area contributed by atoms with Crippen molar-refractivity contribution in [3.8, 4) is 114 Å². The molecule has 0 saturated carbocycles. The maximum absolute atomic E-state index is 14.0. The second-order valence-corrected chi connectivity index (χ2v) is 35.4. The normalized spacial score (nSPS) is 12.8. The van der Waals surface area contributed by atoms with Crippen LogP contribution in [0.1, 0.15) is 205 Å². The predicted octanol–water partition coefficient (Wildman–Crippen LogP) is 27.7. The first kappa shape index (κ1) is 76.9. The van der Waals surface area contributed by atoms with E-state index in [1.54, 1.807) is 90.7 Å². The Labute approximate surface area is 648 Å². The van der Waals surface area contributed by atoms with Gasteiger partial charge in [0, 0.05) is 68.3 Å². The second-order valence-electron chi connectivity index (χ2n) is 26.8. The molecule has 550 valence electrons. The van der Waals surface area contributed by atoms with E-state index in [2.05, 4.69) is 161 Å². The Morgan fingerprint density at radius 2 is 0.433 bits per heavy atom. The molecular weight excluding hydrogens is 1450 g/mol. The highest BCUT2D eigenvalue weighted by Gasteiger charge is 2.42. The standard InChI is InChI=1S/C86H100N2O8S8/c1-7-13-19-25-47-91-59-53-57(54-60(92-48-26-20-14-8-2)83(59)95-51-29-23-17-11-5)63-31-33-65(97-63)67-35-37-69(99-67)71-39-41-73(101-71)75-43-45-77(103-75)81-79-80(86(90)87-81)82(88-85(79)89)78-46-44-76(104-78)74-42-40-72(102-74)70-38-36-68(100-70)66-34-32-64(98-66)58-55-61(93-49-27-21-15-9-3)84(96-52-30-24-18-12-6)62(56-58)94-50-28-22-16-10-4/h31-46,53-56H,7-30,47-52H2,1-6H3,(H,87,90)(H,88,89). The average Bonchev–Trinajstić information content (AvgIpc) is 1.58. The topological polar surface area (TPSA) is 114 Å². The Balaban J connectivity index is 0.711. The number of thiophene rings is 8. The number of nitrogens with one attached hydrogen (secondary N) is 2. The first-order chi connectivity index (χ1) is 51.1. The van der Waals surface area contributed by atoms with E-state index in [1.165, 1.54) is 116 Å². The SMILES string of the molecule is CCCCCCOc1cc(-c2ccc(-c3ccc(-c4ccc(-c5ccc(C6=C7C(=O)NC(c8ccc(-c9ccc(-c%10ccc(-c%11ccc(-c%12cc(OCCCCCC)c(OCCCCCC)c(OCCCCCC)c%12)s%11)s%10)s9)s8)=C7C(=O)N6)s5)s4)s3)s2)cc(OCCCCCC)c1OCCCCCC. The Kier molecular flexibility index (Phi) is 29.0. The van der Waals surface area contributed by atoms with Crippen molar-refractivity contribution in [3.05, 3.63) is 142 Å². The number of ether oxygens (including phenoxy) is 6. The monoisotopic (exact) mass is 1540 g/mol. The molecule has 2 aliphatic heterocycles. The largest absolute Gasteiger partial charge is 0.490 e. The molecule has 0 fully saturated rings. The van der Waals surface area contributed by atoms with Crippen molar-refractivity contribution in [2.45, 2.75) is 196 Å². The number of fused-ring (bicyclic) bond motifs is 1. The lowest BCUT2D eigenvalue weighted by atomic mass is 10.1. The number of amides is 2. The third-order valence-electron chi connectivity index (χ3n) is 18.6. The van der Waals surface area contributed by atoms with Gasteiger partial charge in [0.1, 0.15) is 0 Å². The van der Waals surface area contributed by atoms with Gasteiger partial charge in [-0.05, 0) is 171 Å². The summed E-state index contributed by atoms with van der Waals surface area (Å²) in [6, 6.07) is 43.5. The molecule has 0 aliphatic carbocycles. The van der Waals surface area contributed by atoms with E-state index >= 15 is 0 Å². The Morgan fingerprint density at radius 1 is 0.240 bits per heavy atom. The van der Waals surface area contributed by atoms with Crippen LogP contribution in [0.4, 0.5) is 0 Å². The Morgan fingerprint density at radius 3 is 0.663 bits per heavy atom. The van der Waals surface area contributed by atoms with Crippen molar-refractivity contribution in [3.63, 3.8) is 0 Å². The van der Waals surface area contributed by atoms with Gasteiger partial charge in [-0.2, -0.15) is 0 Å². The minimum Gasteiger partial charge on any atom is -0.490 e. The third-order valence-corrected chi connectivity index (χ3v) is 28.6. The lowest BCUT2D eigenvalue weighted by Crippen LogP contribution is -2.20. The van der Waals surface area contributed by atoms with Gasteiger partial charge in [0.05, 0.1) is 71.9 Å². The van der Waals surface area contributed by atoms with Crippen LogP contribution in [-0.2, 0) is 9.59 Å². The minimum atomic E-state index is -0.271. The summed E-state index contributed by atoms with van der Waals surface area (Å²) in [5, 5.41) is 6.23. The molecule has 2 N–H and O–H groups in total. The van der Waals surface area contributed by atoms with Gasteiger partial charge in [0.25, 0.3) is 11.8 Å². The van der Waals surface area contributed by atoms with Crippen LogP contribution in [0.5, 0.6) is 34.5 Å². The van der Waals surface area contributed by atoms with Crippen molar-refractivity contribution in [2.75, 3.05) is 39.6 Å². The molecule has 0 spiro atoms. The molecule has 2 amide bonds. The number of unbranched alkanes of at least 4 members (excludes halogenated alkanes) is 18. The van der Waals surface area contributed by atoms with Crippen LogP contribution < -0.4 is 39.1 Å². The highest BCUT2D eigenvalue weighted by molar-refractivity contribution is 7.30. The van der Waals surface area contributed by atoms with E-state index < -0.39 is 0 Å². The van der Waals surface area contributed by atoms with Gasteiger partial charge >= 0.3 is 0 Å². The van der Waals surface area contributed by atoms with E-state index in [0.717, 1.165) is 162 Å². The van der Waals surface area contributed by atoms with Gasteiger partial charge in [-0.3, -0.25) is 9.59 Å². The molecule has 0 atom stereocenters. The smallest absolute Gasteiger partial charge is 0.258 e. The van der Waals surface area contributed by atoms with Crippen molar-refractivity contribution < 1.29 is 38.0 Å². The van der Waals surface area contributed by atoms with Gasteiger partial charge in [-0.1, -0.05) is 157 Å². The van der Waals surface area contributed by atoms with Crippen molar-refractivity contribution in [2.24, 2.45) is 0 Å². The van der Waals surface area contributed by atoms with E-state index in [9.17, 15) is 9.59 Å². The van der Waals surface area contributed by atoms with E-state index in [1.807, 2.05) is 12.1 Å². The molecule has 18 heteroatoms. The van der Waals surface area contributed by atoms with Crippen molar-refractivity contribution in [1.29, 1.82) is 0 Å². The lowest BCUT2D eigenvalue weighted by molar-refractivity contribution is -0.117. The molecule has 0 radical (unpaired) electrons. The summed E-state index contributed by atoms with van der Waals surface area (Å²) in [5.41, 5.74) is 4.07. The van der Waals surface area contributed by atoms with Crippen LogP contribution in [0.2, 0.25) is 0 Å². The Bertz CT molecular complexity index is 4130. The molecule has 12 rings (SSSR count). The summed E-state index contributed by atoms with van der Waals surface area (Å²) >= 11 is 13.9. The summed E-state index contributed by atoms with van der Waals surface area (Å²) in [5.74, 6) is 4.00. The van der Waals surface area contributed by atoms with Crippen molar-refractivity contribution in [1.82, 2.24) is 10.6 Å². The molecule has 0 unspecified atom stereocenters. The zero-order chi connectivity index (χ0) is 72.0. The van der Waals surface area contributed by atoms with Crippen LogP contribution in [0.25, 0.3) is 90.8 Å². The predicted molar refractivity (Wildman–Crippen MR) is 447 cm³/mol. The summed E-state index contributed by atoms with van der Waals surface area (Å²) in [7, 11) is 0. The first-order valence-corrected chi connectivity index (χ1v) is 44.8. The molecule has 104 heavy (non-hydrogen) atoms. The summed E-state index contributed by atoms with van der Waals surface area (Å²) in [6.45, 7) is 17.3. The molecule has 10 aromatic rings. The summed E-state index contributed by atoms with van der Waals surface area (Å²) < 4.78 is 39.5. The van der Waals surface area contributed by atoms with Crippen LogP contribution >= 0.6 is 90.7 Å². The number of hydrogen-bond acceptors (Lipinski definition) is 16. The average molecular weight is 1550 g/mol. The highest BCUT2D eigenvalue weighted by atomic mass is 32.1. The second kappa shape index (κ2) is 39.2. The molecule has 10 heterocycles. The van der Waals surface area contributed by atoms with E-state index in [4.69, 9.17) is 28.4 Å². The Hall–Kier alpha value is -6.74. The molecular formula is C86H100N2O8S8. The molecule has 2 aromatic carbocycles. The number of carbonyl (C=O) groups excluding carboxylic acids is 2. The number of hydrogen-bond donors (Lipinski definition) is 2. The van der Waals surface area contributed by atoms with Crippen LogP contribution in [0, 0.1) is 0 Å². The number of benzene rings is 2. The van der Waals surface area contributed by atoms with Gasteiger partial charge < -0.3 is 39.1 Å². The van der Waals surface area contributed by atoms with Gasteiger partial charge in [0.15, 0.2) is 23.0 Å². The molecule has 10 nitrogen and oxygen atoms in total. The zero-order valence-corrected chi connectivity index (χ0v) is 67.8. The fourth-order valence-electron chi connectivity index (χ4n) is 12.8. The van der Waals surface area contributed by atoms with Gasteiger partial charge in [-0.25, -0.2) is 0 Å². The molecule has 0 saturated heterocycles. The van der Waals surface area contributed by atoms with E-state index in [0.29, 0.717) is 62.2 Å². The lowest BCUT2D eigenvalue weighted by Gasteiger charge is -2.19. The summed E-state index contributed by atoms with van der Waals surface area (Å²) in [4.78, 5) is 46.1. The highest BCUT2D eigenvalue weighted by Crippen LogP contribution is 2.51. The molecule has 8 aromatic heterocycles. The van der Waals surface area contributed by atoms with E-state index in [-0.39, 0.29) is 11.8 Å². The third kappa shape index (κ3) is 19.7. The van der Waals surface area contributed by atoms with Crippen LogP contribution in [0.3, 0.4) is 0 Å². The molecule has 2 aliphatic rings. The fourth-order valence-corrected chi connectivity index (χ4v) is 21.4. The first-order valence-electron chi connectivity index (χ1n) is 38.2. The van der Waals surface area contributed by atoms with Crippen LogP contribution in [0.15, 0.2) is 132 Å². The zero-order valence-electron chi connectivity index (χ0n) is 61.3. The van der Waals surface area contributed by atoms with Gasteiger partial charge in [0.2, 0.25) is 11.5 Å². The van der Waals surface area contributed by atoms with Gasteiger partial charge in [-0.15, -0.1) is 90.7 Å². The van der Waals surface area contributed by atoms with Crippen LogP contribution in [-0.4, -0.2) is 51.5 Å². The molecule has 0 bridgehead atoms.